The van der Waals surface area contributed by atoms with E-state index in [0.29, 0.717) is 23.6 Å². The molecule has 0 aromatic heterocycles. The summed E-state index contributed by atoms with van der Waals surface area (Å²) in [6.07, 6.45) is 2.82. The van der Waals surface area contributed by atoms with Crippen molar-refractivity contribution >= 4 is 17.5 Å². The summed E-state index contributed by atoms with van der Waals surface area (Å²) in [6.45, 7) is 11.9. The molecule has 5 nitrogen and oxygen atoms in total. The molecule has 5 heteroatoms. The van der Waals surface area contributed by atoms with Crippen LogP contribution in [0.1, 0.15) is 82.1 Å². The number of carbonyl (C=O) groups excluding carboxylic acids is 2. The van der Waals surface area contributed by atoms with Gasteiger partial charge in [0.05, 0.1) is 0 Å². The predicted octanol–water partition coefficient (Wildman–Crippen LogP) is 6.26. The predicted molar refractivity (Wildman–Crippen MR) is 131 cm³/mol. The molecule has 2 atom stereocenters. The van der Waals surface area contributed by atoms with Crippen LogP contribution in [0.4, 0.5) is 5.69 Å². The summed E-state index contributed by atoms with van der Waals surface area (Å²) in [5.41, 5.74) is 2.41. The van der Waals surface area contributed by atoms with Crippen molar-refractivity contribution in [1.82, 2.24) is 4.90 Å². The third-order valence-electron chi connectivity index (χ3n) is 5.67. The molecule has 0 saturated heterocycles. The normalized spacial score (nSPS) is 12.7. The largest absolute Gasteiger partial charge is 0.480 e. The fraction of sp³-hybridized carbons (Fsp3) is 0.481. The fourth-order valence-electron chi connectivity index (χ4n) is 3.65. The molecular weight excluding hydrogens is 400 g/mol. The number of amides is 2. The molecule has 174 valence electrons. The lowest BCUT2D eigenvalue weighted by Gasteiger charge is -2.22. The molecule has 0 aliphatic carbocycles. The van der Waals surface area contributed by atoms with Crippen molar-refractivity contribution in [3.63, 3.8) is 0 Å². The van der Waals surface area contributed by atoms with Crippen molar-refractivity contribution in [2.45, 2.75) is 72.3 Å². The lowest BCUT2D eigenvalue weighted by atomic mass is 9.98. The van der Waals surface area contributed by atoms with E-state index >= 15 is 0 Å². The van der Waals surface area contributed by atoms with Gasteiger partial charge in [-0.3, -0.25) is 9.59 Å². The van der Waals surface area contributed by atoms with Gasteiger partial charge in [0, 0.05) is 24.3 Å². The molecular formula is C27H38N2O3. The molecule has 32 heavy (non-hydrogen) atoms. The second-order valence-electron chi connectivity index (χ2n) is 8.22. The number of para-hydroxylation sites is 1. The number of rotatable bonds is 12. The van der Waals surface area contributed by atoms with Gasteiger partial charge in [-0.2, -0.15) is 0 Å². The molecule has 0 radical (unpaired) electrons. The van der Waals surface area contributed by atoms with E-state index in [1.807, 2.05) is 30.0 Å². The van der Waals surface area contributed by atoms with E-state index < -0.39 is 6.10 Å². The molecule has 0 bridgehead atoms. The Morgan fingerprint density at radius 2 is 1.53 bits per heavy atom. The monoisotopic (exact) mass is 438 g/mol. The van der Waals surface area contributed by atoms with Gasteiger partial charge in [-0.25, -0.2) is 0 Å². The van der Waals surface area contributed by atoms with Gasteiger partial charge < -0.3 is 15.0 Å². The molecule has 2 aromatic rings. The van der Waals surface area contributed by atoms with E-state index in [4.69, 9.17) is 4.74 Å². The highest BCUT2D eigenvalue weighted by atomic mass is 16.5. The van der Waals surface area contributed by atoms with E-state index in [1.54, 1.807) is 24.3 Å². The molecule has 0 heterocycles. The molecule has 0 fully saturated rings. The van der Waals surface area contributed by atoms with E-state index in [0.717, 1.165) is 43.7 Å². The van der Waals surface area contributed by atoms with Crippen LogP contribution >= 0.6 is 0 Å². The van der Waals surface area contributed by atoms with Gasteiger partial charge in [-0.15, -0.1) is 0 Å². The number of anilines is 1. The molecule has 0 saturated carbocycles. The lowest BCUT2D eigenvalue weighted by molar-refractivity contribution is -0.122. The van der Waals surface area contributed by atoms with Crippen LogP contribution in [-0.2, 0) is 4.79 Å². The van der Waals surface area contributed by atoms with Gasteiger partial charge >= 0.3 is 0 Å². The molecule has 2 rings (SSSR count). The van der Waals surface area contributed by atoms with Gasteiger partial charge in [-0.1, -0.05) is 52.8 Å². The smallest absolute Gasteiger partial charge is 0.265 e. The number of benzene rings is 2. The summed E-state index contributed by atoms with van der Waals surface area (Å²) < 4.78 is 6.13. The quantitative estimate of drug-likeness (QED) is 0.425. The number of hydrogen-bond donors (Lipinski definition) is 1. The maximum atomic E-state index is 12.9. The van der Waals surface area contributed by atoms with Crippen LogP contribution in [0.5, 0.6) is 5.75 Å². The first-order valence-electron chi connectivity index (χ1n) is 11.9. The van der Waals surface area contributed by atoms with Crippen LogP contribution in [0.25, 0.3) is 0 Å². The molecule has 1 N–H and O–H groups in total. The zero-order valence-corrected chi connectivity index (χ0v) is 20.2. The topological polar surface area (TPSA) is 58.6 Å². The van der Waals surface area contributed by atoms with Gasteiger partial charge in [0.15, 0.2) is 6.10 Å². The average molecular weight is 439 g/mol. The van der Waals surface area contributed by atoms with E-state index in [1.165, 1.54) is 0 Å². The highest BCUT2D eigenvalue weighted by molar-refractivity contribution is 5.97. The summed E-state index contributed by atoms with van der Waals surface area (Å²) in [5, 5.41) is 2.93. The SMILES string of the molecule is CCCN(CCC)C(=O)c1ccc(NC(=O)C(CC)Oc2ccccc2C(C)CC)cc1. The van der Waals surface area contributed by atoms with Gasteiger partial charge in [0.1, 0.15) is 5.75 Å². The number of ether oxygens (including phenoxy) is 1. The van der Waals surface area contributed by atoms with Gasteiger partial charge in [0.25, 0.3) is 11.8 Å². The van der Waals surface area contributed by atoms with Crippen LogP contribution < -0.4 is 10.1 Å². The first-order chi connectivity index (χ1) is 15.4. The Labute approximate surface area is 193 Å². The minimum Gasteiger partial charge on any atom is -0.480 e. The number of hydrogen-bond acceptors (Lipinski definition) is 3. The van der Waals surface area contributed by atoms with Crippen LogP contribution in [0.2, 0.25) is 0 Å². The summed E-state index contributed by atoms with van der Waals surface area (Å²) >= 11 is 0. The molecule has 2 aromatic carbocycles. The van der Waals surface area contributed by atoms with Gasteiger partial charge in [-0.05, 0) is 67.5 Å². The fourth-order valence-corrected chi connectivity index (χ4v) is 3.65. The second kappa shape index (κ2) is 12.9. The Balaban J connectivity index is 2.07. The average Bonchev–Trinajstić information content (AvgIpc) is 2.82. The number of nitrogens with zero attached hydrogens (tertiary/aromatic N) is 1. The Morgan fingerprint density at radius 3 is 2.09 bits per heavy atom. The van der Waals surface area contributed by atoms with Crippen LogP contribution in [-0.4, -0.2) is 35.9 Å². The summed E-state index contributed by atoms with van der Waals surface area (Å²) in [7, 11) is 0. The van der Waals surface area contributed by atoms with Crippen molar-refractivity contribution in [2.75, 3.05) is 18.4 Å². The Kier molecular flexibility index (Phi) is 10.3. The first-order valence-corrected chi connectivity index (χ1v) is 11.9. The summed E-state index contributed by atoms with van der Waals surface area (Å²) in [4.78, 5) is 27.5. The summed E-state index contributed by atoms with van der Waals surface area (Å²) in [6, 6.07) is 15.0. The van der Waals surface area contributed by atoms with E-state index in [9.17, 15) is 9.59 Å². The molecule has 2 unspecified atom stereocenters. The molecule has 0 spiro atoms. The highest BCUT2D eigenvalue weighted by Crippen LogP contribution is 2.29. The molecule has 0 aliphatic heterocycles. The standard InChI is InChI=1S/C27H38N2O3/c1-6-18-29(19-7-2)27(31)21-14-16-22(17-15-21)28-26(30)24(9-4)32-25-13-11-10-12-23(25)20(5)8-3/h10-17,20,24H,6-9,18-19H2,1-5H3,(H,28,30). The van der Waals surface area contributed by atoms with E-state index in [-0.39, 0.29) is 11.8 Å². The minimum atomic E-state index is -0.592. The highest BCUT2D eigenvalue weighted by Gasteiger charge is 2.21. The third kappa shape index (κ3) is 6.84. The van der Waals surface area contributed by atoms with Crippen molar-refractivity contribution < 1.29 is 14.3 Å². The van der Waals surface area contributed by atoms with Crippen molar-refractivity contribution in [3.8, 4) is 5.75 Å². The maximum Gasteiger partial charge on any atom is 0.265 e. The third-order valence-corrected chi connectivity index (χ3v) is 5.67. The van der Waals surface area contributed by atoms with Gasteiger partial charge in [0.2, 0.25) is 0 Å². The zero-order valence-electron chi connectivity index (χ0n) is 20.2. The van der Waals surface area contributed by atoms with Crippen LogP contribution in [0.15, 0.2) is 48.5 Å². The van der Waals surface area contributed by atoms with Crippen molar-refractivity contribution in [1.29, 1.82) is 0 Å². The Morgan fingerprint density at radius 1 is 0.906 bits per heavy atom. The second-order valence-corrected chi connectivity index (χ2v) is 8.22. The first kappa shape index (κ1) is 25.4. The van der Waals surface area contributed by atoms with Crippen LogP contribution in [0, 0.1) is 0 Å². The molecule has 0 aliphatic rings. The Hall–Kier alpha value is -2.82. The summed E-state index contributed by atoms with van der Waals surface area (Å²) in [5.74, 6) is 0.959. The minimum absolute atomic E-state index is 0.0306. The Bertz CT molecular complexity index is 857. The number of nitrogens with one attached hydrogen (secondary N) is 1. The van der Waals surface area contributed by atoms with Crippen LogP contribution in [0.3, 0.4) is 0 Å². The van der Waals surface area contributed by atoms with Crippen molar-refractivity contribution in [2.24, 2.45) is 0 Å². The van der Waals surface area contributed by atoms with E-state index in [2.05, 4.69) is 39.1 Å². The maximum absolute atomic E-state index is 12.9. The zero-order chi connectivity index (χ0) is 23.5. The lowest BCUT2D eigenvalue weighted by Crippen LogP contribution is -2.33. The molecule has 2 amide bonds. The van der Waals surface area contributed by atoms with Crippen molar-refractivity contribution in [3.05, 3.63) is 59.7 Å². The number of carbonyl (C=O) groups is 2.